The Hall–Kier alpha value is -3.09. The molecule has 0 bridgehead atoms. The van der Waals surface area contributed by atoms with E-state index in [0.29, 0.717) is 11.3 Å². The number of halogens is 3. The zero-order valence-corrected chi connectivity index (χ0v) is 13.9. The molecule has 0 spiro atoms. The van der Waals surface area contributed by atoms with E-state index in [-0.39, 0.29) is 12.5 Å². The molecule has 4 nitrogen and oxygen atoms in total. The Balaban J connectivity index is 1.96. The molecule has 0 aliphatic rings. The molecule has 0 radical (unpaired) electrons. The van der Waals surface area contributed by atoms with Gasteiger partial charge in [-0.25, -0.2) is 0 Å². The third-order valence-corrected chi connectivity index (χ3v) is 3.51. The first-order valence-electron chi connectivity index (χ1n) is 7.74. The first-order valence-corrected chi connectivity index (χ1v) is 7.74. The summed E-state index contributed by atoms with van der Waals surface area (Å²) in [6, 6.07) is 13.8. The number of hydrogen-bond donors (Lipinski definition) is 2. The predicted octanol–water partition coefficient (Wildman–Crippen LogP) is 3.83. The Kier molecular flexibility index (Phi) is 6.16. The third-order valence-electron chi connectivity index (χ3n) is 3.51. The van der Waals surface area contributed by atoms with Crippen molar-refractivity contribution in [3.05, 3.63) is 71.3 Å². The number of amides is 2. The number of benzene rings is 2. The number of rotatable bonds is 5. The van der Waals surface area contributed by atoms with Crippen LogP contribution in [0.15, 0.2) is 54.6 Å². The van der Waals surface area contributed by atoms with E-state index in [0.717, 1.165) is 11.1 Å². The van der Waals surface area contributed by atoms with Crippen LogP contribution >= 0.6 is 0 Å². The van der Waals surface area contributed by atoms with E-state index in [1.807, 2.05) is 31.2 Å². The van der Waals surface area contributed by atoms with Crippen LogP contribution in [-0.2, 0) is 16.1 Å². The molecule has 136 valence electrons. The molecule has 2 aromatic carbocycles. The van der Waals surface area contributed by atoms with Crippen molar-refractivity contribution >= 4 is 23.6 Å². The number of alkyl halides is 3. The molecule has 0 heterocycles. The molecule has 2 rings (SSSR count). The monoisotopic (exact) mass is 362 g/mol. The Morgan fingerprint density at radius 1 is 1.08 bits per heavy atom. The summed E-state index contributed by atoms with van der Waals surface area (Å²) in [7, 11) is 0. The van der Waals surface area contributed by atoms with Crippen molar-refractivity contribution < 1.29 is 22.8 Å². The minimum absolute atomic E-state index is 0.291. The SMILES string of the molecule is Cc1ccccc1/C=C/C(=O)Nc1cccc(CNC(=O)C(F)(F)F)c1. The van der Waals surface area contributed by atoms with Crippen molar-refractivity contribution in [2.75, 3.05) is 5.32 Å². The Labute approximate surface area is 148 Å². The Morgan fingerprint density at radius 3 is 2.50 bits per heavy atom. The number of carbonyl (C=O) groups is 2. The number of anilines is 1. The summed E-state index contributed by atoms with van der Waals surface area (Å²) in [5, 5.41) is 4.41. The molecule has 0 unspecified atom stereocenters. The van der Waals surface area contributed by atoms with Gasteiger partial charge in [0.2, 0.25) is 5.91 Å². The van der Waals surface area contributed by atoms with E-state index >= 15 is 0 Å². The summed E-state index contributed by atoms with van der Waals surface area (Å²) in [4.78, 5) is 22.8. The topological polar surface area (TPSA) is 58.2 Å². The first kappa shape index (κ1) is 19.2. The van der Waals surface area contributed by atoms with E-state index in [1.54, 1.807) is 29.6 Å². The maximum Gasteiger partial charge on any atom is 0.471 e. The fraction of sp³-hybridized carbons (Fsp3) is 0.158. The highest BCUT2D eigenvalue weighted by Crippen LogP contribution is 2.16. The summed E-state index contributed by atoms with van der Waals surface area (Å²) < 4.78 is 36.5. The van der Waals surface area contributed by atoms with E-state index in [2.05, 4.69) is 5.32 Å². The molecule has 0 aliphatic carbocycles. The highest BCUT2D eigenvalue weighted by Gasteiger charge is 2.38. The van der Waals surface area contributed by atoms with E-state index in [4.69, 9.17) is 0 Å². The minimum Gasteiger partial charge on any atom is -0.344 e. The summed E-state index contributed by atoms with van der Waals surface area (Å²) in [5.41, 5.74) is 2.79. The van der Waals surface area contributed by atoms with Gasteiger partial charge in [0.05, 0.1) is 0 Å². The molecule has 2 aromatic rings. The normalized spacial score (nSPS) is 11.4. The van der Waals surface area contributed by atoms with E-state index in [9.17, 15) is 22.8 Å². The average Bonchev–Trinajstić information content (AvgIpc) is 2.58. The van der Waals surface area contributed by atoms with Crippen molar-refractivity contribution in [1.29, 1.82) is 0 Å². The molecule has 0 atom stereocenters. The smallest absolute Gasteiger partial charge is 0.344 e. The van der Waals surface area contributed by atoms with Gasteiger partial charge in [-0.2, -0.15) is 13.2 Å². The highest BCUT2D eigenvalue weighted by atomic mass is 19.4. The maximum atomic E-state index is 12.2. The van der Waals surface area contributed by atoms with Gasteiger partial charge in [-0.3, -0.25) is 9.59 Å². The second-order valence-electron chi connectivity index (χ2n) is 5.56. The minimum atomic E-state index is -4.92. The van der Waals surface area contributed by atoms with Gasteiger partial charge in [0.1, 0.15) is 0 Å². The van der Waals surface area contributed by atoms with Crippen LogP contribution in [0.4, 0.5) is 18.9 Å². The van der Waals surface area contributed by atoms with Crippen LogP contribution in [0.25, 0.3) is 6.08 Å². The number of nitrogens with one attached hydrogen (secondary N) is 2. The lowest BCUT2D eigenvalue weighted by atomic mass is 10.1. The quantitative estimate of drug-likeness (QED) is 0.795. The molecule has 0 saturated carbocycles. The lowest BCUT2D eigenvalue weighted by Gasteiger charge is -2.09. The fourth-order valence-corrected chi connectivity index (χ4v) is 2.16. The van der Waals surface area contributed by atoms with Gasteiger partial charge < -0.3 is 10.6 Å². The van der Waals surface area contributed by atoms with Crippen molar-refractivity contribution in [1.82, 2.24) is 5.32 Å². The van der Waals surface area contributed by atoms with Crippen LogP contribution in [0.5, 0.6) is 0 Å². The highest BCUT2D eigenvalue weighted by molar-refractivity contribution is 6.02. The zero-order chi connectivity index (χ0) is 19.2. The summed E-state index contributed by atoms with van der Waals surface area (Å²) in [5.74, 6) is -2.38. The van der Waals surface area contributed by atoms with E-state index < -0.39 is 12.1 Å². The van der Waals surface area contributed by atoms with Gasteiger partial charge in [-0.15, -0.1) is 0 Å². The standard InChI is InChI=1S/C19H17F3N2O2/c1-13-5-2-3-7-15(13)9-10-17(25)24-16-8-4-6-14(11-16)12-23-18(26)19(20,21)22/h2-11H,12H2,1H3,(H,23,26)(H,24,25)/b10-9+. The molecule has 26 heavy (non-hydrogen) atoms. The first-order chi connectivity index (χ1) is 12.3. The number of carbonyl (C=O) groups excluding carboxylic acids is 2. The number of aryl methyl sites for hydroxylation is 1. The third kappa shape index (κ3) is 5.77. The zero-order valence-electron chi connectivity index (χ0n) is 13.9. The van der Waals surface area contributed by atoms with Crippen molar-refractivity contribution in [2.24, 2.45) is 0 Å². The van der Waals surface area contributed by atoms with Gasteiger partial charge in [0, 0.05) is 18.3 Å². The molecule has 0 aromatic heterocycles. The summed E-state index contributed by atoms with van der Waals surface area (Å²) >= 11 is 0. The molecule has 0 fully saturated rings. The molecular formula is C19H17F3N2O2. The van der Waals surface area contributed by atoms with E-state index in [1.165, 1.54) is 12.1 Å². The molecule has 2 amide bonds. The van der Waals surface area contributed by atoms with Crippen molar-refractivity contribution in [2.45, 2.75) is 19.6 Å². The molecule has 0 aliphatic heterocycles. The summed E-state index contributed by atoms with van der Waals surface area (Å²) in [6.07, 6.45) is -1.87. The van der Waals surface area contributed by atoms with Crippen LogP contribution in [-0.4, -0.2) is 18.0 Å². The van der Waals surface area contributed by atoms with Gasteiger partial charge in [-0.1, -0.05) is 36.4 Å². The van der Waals surface area contributed by atoms with Gasteiger partial charge in [0.25, 0.3) is 0 Å². The molecule has 0 saturated heterocycles. The Bertz CT molecular complexity index is 830. The lowest BCUT2D eigenvalue weighted by molar-refractivity contribution is -0.173. The second-order valence-corrected chi connectivity index (χ2v) is 5.56. The van der Waals surface area contributed by atoms with Crippen LogP contribution in [0.3, 0.4) is 0 Å². The largest absolute Gasteiger partial charge is 0.471 e. The van der Waals surface area contributed by atoms with Crippen LogP contribution in [0.2, 0.25) is 0 Å². The second kappa shape index (κ2) is 8.33. The van der Waals surface area contributed by atoms with Crippen molar-refractivity contribution in [3.63, 3.8) is 0 Å². The van der Waals surface area contributed by atoms with Crippen LogP contribution in [0, 0.1) is 6.92 Å². The van der Waals surface area contributed by atoms with Gasteiger partial charge in [0.15, 0.2) is 0 Å². The fourth-order valence-electron chi connectivity index (χ4n) is 2.16. The Morgan fingerprint density at radius 2 is 1.81 bits per heavy atom. The van der Waals surface area contributed by atoms with Crippen LogP contribution in [0.1, 0.15) is 16.7 Å². The summed E-state index contributed by atoms with van der Waals surface area (Å²) in [6.45, 7) is 1.64. The van der Waals surface area contributed by atoms with Gasteiger partial charge >= 0.3 is 12.1 Å². The molecule has 7 heteroatoms. The molecule has 2 N–H and O–H groups in total. The van der Waals surface area contributed by atoms with Crippen molar-refractivity contribution in [3.8, 4) is 0 Å². The predicted molar refractivity (Wildman–Crippen MR) is 93.2 cm³/mol. The number of hydrogen-bond acceptors (Lipinski definition) is 2. The average molecular weight is 362 g/mol. The lowest BCUT2D eigenvalue weighted by Crippen LogP contribution is -2.36. The molecular weight excluding hydrogens is 345 g/mol. The van der Waals surface area contributed by atoms with Crippen LogP contribution < -0.4 is 10.6 Å². The maximum absolute atomic E-state index is 12.2. The van der Waals surface area contributed by atoms with Gasteiger partial charge in [-0.05, 0) is 41.8 Å².